The van der Waals surface area contributed by atoms with Crippen molar-refractivity contribution in [3.05, 3.63) is 0 Å². The van der Waals surface area contributed by atoms with Crippen molar-refractivity contribution in [2.75, 3.05) is 59.5 Å². The van der Waals surface area contributed by atoms with E-state index in [4.69, 9.17) is 109 Å². The Bertz CT molecular complexity index is 3800. The molecule has 12 rings (SSSR count). The van der Waals surface area contributed by atoms with Gasteiger partial charge in [0.1, 0.15) is 274 Å². The van der Waals surface area contributed by atoms with Crippen LogP contribution in [0.1, 0.15) is 41.5 Å². The van der Waals surface area contributed by atoms with Gasteiger partial charge in [-0.3, -0.25) is 14.4 Å². The number of carbonyl (C=O) groups excluding carboxylic acids is 3. The van der Waals surface area contributed by atoms with E-state index in [2.05, 4.69) is 16.0 Å². The molecule has 0 aliphatic carbocycles. The molecule has 0 spiro atoms. The van der Waals surface area contributed by atoms with E-state index >= 15 is 0 Å². The lowest BCUT2D eigenvalue weighted by atomic mass is 9.93. The van der Waals surface area contributed by atoms with Crippen LogP contribution in [0.2, 0.25) is 0 Å². The zero-order valence-electron chi connectivity index (χ0n) is 74.9. The molecule has 0 aromatic heterocycles. The highest BCUT2D eigenvalue weighted by atomic mass is 16.8. The van der Waals surface area contributed by atoms with Gasteiger partial charge >= 0.3 is 0 Å². The van der Waals surface area contributed by atoms with Crippen molar-refractivity contribution in [3.8, 4) is 0 Å². The van der Waals surface area contributed by atoms with E-state index in [1.807, 2.05) is 0 Å². The predicted molar refractivity (Wildman–Crippen MR) is 426 cm³/mol. The lowest BCUT2D eigenvalue weighted by molar-refractivity contribution is -0.407. The summed E-state index contributed by atoms with van der Waals surface area (Å²) in [6, 6.07) is -6.08. The van der Waals surface area contributed by atoms with E-state index in [0.29, 0.717) is 0 Å². The summed E-state index contributed by atoms with van der Waals surface area (Å²) < 4.78 is 138. The number of ether oxygens (including phenoxy) is 23. The quantitative estimate of drug-likeness (QED) is 0.0284. The summed E-state index contributed by atoms with van der Waals surface area (Å²) in [7, 11) is 0. The van der Waals surface area contributed by atoms with Crippen LogP contribution >= 0.6 is 0 Å². The average Bonchev–Trinajstić information content (AvgIpc) is 0.751. The number of aliphatic hydroxyl groups is 32. The number of rotatable bonds is 34. The van der Waals surface area contributed by atoms with Gasteiger partial charge in [-0.1, -0.05) is 0 Å². The van der Waals surface area contributed by atoms with Crippen molar-refractivity contribution in [3.63, 3.8) is 0 Å². The maximum Gasteiger partial charge on any atom is 0.217 e. The van der Waals surface area contributed by atoms with E-state index in [1.165, 1.54) is 20.8 Å². The minimum atomic E-state index is -2.73. The molecule has 0 bridgehead atoms. The first-order valence-corrected chi connectivity index (χ1v) is 44.7. The van der Waals surface area contributed by atoms with E-state index in [-0.39, 0.29) is 0 Å². The summed E-state index contributed by atoms with van der Waals surface area (Å²) in [5.41, 5.74) is 0. The number of amides is 3. The van der Waals surface area contributed by atoms with Gasteiger partial charge in [0.25, 0.3) is 0 Å². The lowest BCUT2D eigenvalue weighted by Gasteiger charge is -2.52. The molecule has 12 aliphatic rings. The molecule has 806 valence electrons. The zero-order chi connectivity index (χ0) is 102. The average molecular weight is 2040 g/mol. The van der Waals surface area contributed by atoms with Gasteiger partial charge in [-0.15, -0.1) is 0 Å². The monoisotopic (exact) mass is 2040 g/mol. The molecule has 12 fully saturated rings. The molecule has 12 heterocycles. The van der Waals surface area contributed by atoms with Gasteiger partial charge in [0, 0.05) is 20.8 Å². The van der Waals surface area contributed by atoms with Crippen LogP contribution < -0.4 is 16.0 Å². The topological polar surface area (TPSA) is 947 Å². The fourth-order valence-electron chi connectivity index (χ4n) is 18.1. The summed E-state index contributed by atoms with van der Waals surface area (Å²) in [4.78, 5) is 39.8. The molecular formula is C78H131N3O58. The Morgan fingerprint density at radius 1 is 0.201 bits per heavy atom. The van der Waals surface area contributed by atoms with Crippen LogP contribution in [0.4, 0.5) is 0 Å². The molecule has 12 aliphatic heterocycles. The number of carbonyl (C=O) groups is 3. The van der Waals surface area contributed by atoms with Crippen molar-refractivity contribution < 1.29 is 287 Å². The Morgan fingerprint density at radius 2 is 0.453 bits per heavy atom. The smallest absolute Gasteiger partial charge is 0.217 e. The minimum Gasteiger partial charge on any atom is -0.394 e. The van der Waals surface area contributed by atoms with Gasteiger partial charge in [0.2, 0.25) is 17.7 Å². The van der Waals surface area contributed by atoms with Crippen molar-refractivity contribution in [1.82, 2.24) is 16.0 Å². The van der Waals surface area contributed by atoms with Crippen LogP contribution in [0.15, 0.2) is 0 Å². The van der Waals surface area contributed by atoms with Crippen molar-refractivity contribution in [2.24, 2.45) is 0 Å². The van der Waals surface area contributed by atoms with Crippen LogP contribution in [0.5, 0.6) is 0 Å². The molecule has 0 saturated carbocycles. The highest BCUT2D eigenvalue weighted by Crippen LogP contribution is 2.43. The Kier molecular flexibility index (Phi) is 40.3. The van der Waals surface area contributed by atoms with Gasteiger partial charge in [-0.05, 0) is 20.8 Å². The van der Waals surface area contributed by atoms with E-state index < -0.39 is 445 Å². The molecule has 139 heavy (non-hydrogen) atoms. The molecule has 35 N–H and O–H groups in total. The molecule has 0 aromatic carbocycles. The molecule has 61 heteroatoms. The van der Waals surface area contributed by atoms with Crippen molar-refractivity contribution >= 4 is 17.7 Å². The second kappa shape index (κ2) is 49.1. The van der Waals surface area contributed by atoms with Crippen LogP contribution in [0.3, 0.4) is 0 Å². The van der Waals surface area contributed by atoms with Gasteiger partial charge in [0.05, 0.1) is 77.8 Å². The van der Waals surface area contributed by atoms with Crippen LogP contribution in [0.25, 0.3) is 0 Å². The number of aliphatic hydroxyl groups excluding tert-OH is 32. The molecule has 12 saturated heterocycles. The summed E-state index contributed by atoms with van der Waals surface area (Å²) in [5, 5.41) is 368. The second-order valence-electron chi connectivity index (χ2n) is 35.9. The van der Waals surface area contributed by atoms with E-state index in [9.17, 15) is 178 Å². The third-order valence-electron chi connectivity index (χ3n) is 26.1. The summed E-state index contributed by atoms with van der Waals surface area (Å²) in [5.74, 6) is -3.00. The molecule has 0 radical (unpaired) electrons. The highest BCUT2D eigenvalue weighted by Gasteiger charge is 2.63. The Labute approximate surface area is 787 Å². The van der Waals surface area contributed by atoms with Crippen molar-refractivity contribution in [2.45, 2.75) is 410 Å². The normalized spacial score (nSPS) is 51.8. The first kappa shape index (κ1) is 114. The fourth-order valence-corrected chi connectivity index (χ4v) is 18.1. The van der Waals surface area contributed by atoms with Crippen LogP contribution in [-0.2, 0) is 123 Å². The Morgan fingerprint density at radius 3 is 0.892 bits per heavy atom. The zero-order valence-corrected chi connectivity index (χ0v) is 74.9. The first-order chi connectivity index (χ1) is 65.6. The van der Waals surface area contributed by atoms with E-state index in [0.717, 1.165) is 20.8 Å². The number of hydrogen-bond donors (Lipinski definition) is 35. The molecule has 61 nitrogen and oxygen atoms in total. The second-order valence-corrected chi connectivity index (χ2v) is 35.9. The highest BCUT2D eigenvalue weighted by molar-refractivity contribution is 5.74. The maximum atomic E-state index is 13.9. The summed E-state index contributed by atoms with van der Waals surface area (Å²) >= 11 is 0. The number of nitrogens with one attached hydrogen (secondary N) is 3. The molecular weight excluding hydrogens is 1910 g/mol. The first-order valence-electron chi connectivity index (χ1n) is 44.7. The van der Waals surface area contributed by atoms with Crippen LogP contribution in [0, 0.1) is 0 Å². The minimum absolute atomic E-state index is 0.866. The van der Waals surface area contributed by atoms with Gasteiger partial charge in [-0.2, -0.15) is 0 Å². The number of hydrogen-bond acceptors (Lipinski definition) is 58. The third-order valence-corrected chi connectivity index (χ3v) is 26.1. The van der Waals surface area contributed by atoms with Crippen molar-refractivity contribution in [1.29, 1.82) is 0 Å². The molecule has 1 unspecified atom stereocenters. The van der Waals surface area contributed by atoms with Crippen LogP contribution in [-0.4, -0.2) is 609 Å². The third kappa shape index (κ3) is 24.9. The molecule has 60 atom stereocenters. The van der Waals surface area contributed by atoms with Gasteiger partial charge in [-0.25, -0.2) is 0 Å². The predicted octanol–water partition coefficient (Wildman–Crippen LogP) is -23.6. The summed E-state index contributed by atoms with van der Waals surface area (Å²) in [6.07, 6.45) is -121. The largest absolute Gasteiger partial charge is 0.394 e. The Balaban J connectivity index is 0.906. The Hall–Kier alpha value is -3.79. The van der Waals surface area contributed by atoms with Gasteiger partial charge in [0.15, 0.2) is 75.5 Å². The standard InChI is InChI=1S/C78H131N3O58/c1-16-34(91)45(102)52(109)70(120-16)119-15-30-60(43(100)31(67(116)123-30)79-19(4)88)132-68-32(80-20(5)89)44(101)59(26(11-86)128-68)133-76-58(115)64(42(99)29(131-76)14-118-72-57(114)63(136-75-56(113)49(106)38(95)23(8-83)125-75)41(98)28(130-72)13-117-71-53(110)48(105)37(94)22(7-82)124-71)137-78-65(50(107)39(96)25(10-85)127-78)138-69-33(81-21(6)90)62(135-73-54(111)46(103)35(92)17(2)121-73)61(27(12-87)129-69)134-77-66(51(108)40(97)24(9-84)126-77)139-74-55(112)47(104)36(93)18(3)122-74/h16-18,22-78,82-87,91-116H,7-15H2,1-6H3,(H,79,88)(H,80,89)(H,81,90)/t16-,17-,18-,22+,23+,24+,25+,26+,27+,28+,29+,30+,31+,32+,33+,34+,35+,36+,37+,38+,39+,40-,41+,42+,43+,44+,45+,46+,47+,48-,49-,50-,51-,52-,53-,54-,55-,56-,57-,58-,59+,60+,61+,62+,63-,64-,65-,66+,67?,68-,69-,70+,71-,72-,73-,74-,75+,76-,77-,78+/m0/s1. The van der Waals surface area contributed by atoms with Gasteiger partial charge < -0.3 is 288 Å². The SMILES string of the molecule is CC(=O)N[C@H]1[C@H](O[C@H]2[C@H](O)[C@@H](NC(C)=O)C(O)O[C@@H]2CO[C@@H]2O[C@@H](C)[C@@H](O)[C@@H](O)[C@@H]2O)O[C@H](CO)[C@@H](O[C@@H]2O[C@H](CO[C@H]3O[C@H](CO[C@H]4O[C@H](CO)[C@@H](O)[C@H](O)[C@@H]4O)[C@@H](O)[C@H](O[C@H]4O[C@H](CO)[C@@H](O)[C@H](O)[C@@H]4O)[C@@H]3O)[C@@H](O)[C@H](O[C@H]3O[C@H](CO)[C@@H](O)[C@H](O)[C@@H]3O[C@@H]3O[C@H](CO)[C@@H](O[C@@H]4O[C@H](CO)[C@H](O)[C@H](O)[C@H]4O[C@@H]4O[C@@H](C)[C@@H](O)[C@@H](O)[C@@H]4O)[C@H](O[C@@H]4O[C@@H](C)[C@@H](O)[C@@H](O)[C@@H]4O)[C@H]3NC(C)=O)[C@@H]2O)[C@@H]1O. The maximum absolute atomic E-state index is 13.9. The lowest BCUT2D eigenvalue weighted by Crippen LogP contribution is -2.72. The summed E-state index contributed by atoms with van der Waals surface area (Å²) in [6.45, 7) is -3.96. The van der Waals surface area contributed by atoms with E-state index in [1.54, 1.807) is 0 Å². The molecule has 0 aromatic rings. The molecule has 3 amide bonds. The fraction of sp³-hybridized carbons (Fsp3) is 0.962.